The molecule has 0 N–H and O–H groups in total. The summed E-state index contributed by atoms with van der Waals surface area (Å²) in [5.74, 6) is 1.09. The minimum Gasteiger partial charge on any atom is -0.0826 e. The fourth-order valence-electron chi connectivity index (χ4n) is 0.556. The van der Waals surface area contributed by atoms with E-state index in [1.165, 1.54) is 12.8 Å². The van der Waals surface area contributed by atoms with Crippen LogP contribution in [0.5, 0.6) is 0 Å². The second kappa shape index (κ2) is 1.68. The van der Waals surface area contributed by atoms with Crippen LogP contribution in [0.25, 0.3) is 0 Å². The Morgan fingerprint density at radius 2 is 2.17 bits per heavy atom. The zero-order valence-electron chi connectivity index (χ0n) is 3.95. The molecule has 1 aliphatic rings. The molecule has 1 fully saturated rings. The molecule has 1 saturated carbocycles. The third kappa shape index (κ3) is 1.10. The molecule has 0 aliphatic heterocycles. The lowest BCUT2D eigenvalue weighted by Crippen LogP contribution is -1.88. The maximum Gasteiger partial charge on any atom is 0.0110 e. The SMILES string of the molecule is CC(I)C1CC1. The monoisotopic (exact) mass is 196 g/mol. The van der Waals surface area contributed by atoms with Crippen molar-refractivity contribution in [2.45, 2.75) is 23.7 Å². The third-order valence-corrected chi connectivity index (χ3v) is 2.29. The first-order chi connectivity index (χ1) is 2.80. The van der Waals surface area contributed by atoms with Gasteiger partial charge in [0.25, 0.3) is 0 Å². The summed E-state index contributed by atoms with van der Waals surface area (Å²) in [5.41, 5.74) is 0. The van der Waals surface area contributed by atoms with Gasteiger partial charge in [0, 0.05) is 3.92 Å². The maximum atomic E-state index is 2.49. The average molecular weight is 196 g/mol. The Morgan fingerprint density at radius 1 is 1.67 bits per heavy atom. The second-order valence-electron chi connectivity index (χ2n) is 2.01. The lowest BCUT2D eigenvalue weighted by atomic mass is 10.3. The molecular formula is C5H9I. The summed E-state index contributed by atoms with van der Waals surface area (Å²) in [6.45, 7) is 2.29. The van der Waals surface area contributed by atoms with Crippen molar-refractivity contribution >= 4 is 22.6 Å². The smallest absolute Gasteiger partial charge is 0.0110 e. The maximum absolute atomic E-state index is 2.49. The van der Waals surface area contributed by atoms with E-state index in [9.17, 15) is 0 Å². The van der Waals surface area contributed by atoms with Gasteiger partial charge in [-0.1, -0.05) is 29.5 Å². The molecule has 0 aromatic carbocycles. The third-order valence-electron chi connectivity index (χ3n) is 1.27. The first-order valence-corrected chi connectivity index (χ1v) is 3.69. The van der Waals surface area contributed by atoms with Gasteiger partial charge in [-0.05, 0) is 18.8 Å². The average Bonchev–Trinajstić information content (AvgIpc) is 2.06. The van der Waals surface area contributed by atoms with Crippen LogP contribution in [0.3, 0.4) is 0 Å². The molecule has 0 bridgehead atoms. The Kier molecular flexibility index (Phi) is 1.37. The fraction of sp³-hybridized carbons (Fsp3) is 1.00. The molecule has 36 valence electrons. The highest BCUT2D eigenvalue weighted by Crippen LogP contribution is 2.36. The highest BCUT2D eigenvalue weighted by Gasteiger charge is 2.25. The van der Waals surface area contributed by atoms with Gasteiger partial charge >= 0.3 is 0 Å². The second-order valence-corrected chi connectivity index (χ2v) is 3.98. The Bertz CT molecular complexity index is 45.9. The summed E-state index contributed by atoms with van der Waals surface area (Å²) in [4.78, 5) is 0. The van der Waals surface area contributed by atoms with Crippen molar-refractivity contribution in [2.24, 2.45) is 5.92 Å². The van der Waals surface area contributed by atoms with Gasteiger partial charge < -0.3 is 0 Å². The summed E-state index contributed by atoms with van der Waals surface area (Å²) in [6.07, 6.45) is 2.98. The number of hydrogen-bond donors (Lipinski definition) is 0. The standard InChI is InChI=1S/C5H9I/c1-4(6)5-2-3-5/h4-5H,2-3H2,1H3. The minimum atomic E-state index is 0.933. The topological polar surface area (TPSA) is 0 Å². The molecule has 1 aliphatic carbocycles. The van der Waals surface area contributed by atoms with Crippen molar-refractivity contribution in [1.29, 1.82) is 0 Å². The predicted octanol–water partition coefficient (Wildman–Crippen LogP) is 2.22. The largest absolute Gasteiger partial charge is 0.0826 e. The van der Waals surface area contributed by atoms with E-state index in [1.807, 2.05) is 0 Å². The Morgan fingerprint density at radius 3 is 2.17 bits per heavy atom. The first-order valence-electron chi connectivity index (χ1n) is 2.45. The van der Waals surface area contributed by atoms with E-state index in [1.54, 1.807) is 0 Å². The molecule has 6 heavy (non-hydrogen) atoms. The highest BCUT2D eigenvalue weighted by molar-refractivity contribution is 14.1. The molecule has 0 saturated heterocycles. The van der Waals surface area contributed by atoms with Crippen LogP contribution < -0.4 is 0 Å². The molecule has 0 amide bonds. The number of hydrogen-bond acceptors (Lipinski definition) is 0. The zero-order chi connectivity index (χ0) is 4.57. The van der Waals surface area contributed by atoms with Crippen molar-refractivity contribution in [3.8, 4) is 0 Å². The summed E-state index contributed by atoms with van der Waals surface area (Å²) < 4.78 is 0.933. The van der Waals surface area contributed by atoms with Crippen molar-refractivity contribution < 1.29 is 0 Å². The van der Waals surface area contributed by atoms with Crippen molar-refractivity contribution in [3.05, 3.63) is 0 Å². The van der Waals surface area contributed by atoms with Crippen molar-refractivity contribution in [3.63, 3.8) is 0 Å². The molecule has 0 radical (unpaired) electrons. The summed E-state index contributed by atoms with van der Waals surface area (Å²) in [6, 6.07) is 0. The van der Waals surface area contributed by atoms with Crippen molar-refractivity contribution in [1.82, 2.24) is 0 Å². The van der Waals surface area contributed by atoms with Gasteiger partial charge in [0.1, 0.15) is 0 Å². The molecule has 1 unspecified atom stereocenters. The van der Waals surface area contributed by atoms with E-state index in [0.717, 1.165) is 9.84 Å². The van der Waals surface area contributed by atoms with Crippen LogP contribution in [-0.2, 0) is 0 Å². The first kappa shape index (κ1) is 4.88. The quantitative estimate of drug-likeness (QED) is 0.445. The van der Waals surface area contributed by atoms with E-state index < -0.39 is 0 Å². The molecule has 0 aromatic heterocycles. The van der Waals surface area contributed by atoms with Crippen LogP contribution in [-0.4, -0.2) is 3.92 Å². The zero-order valence-corrected chi connectivity index (χ0v) is 6.10. The van der Waals surface area contributed by atoms with Gasteiger partial charge in [-0.2, -0.15) is 0 Å². The van der Waals surface area contributed by atoms with Crippen LogP contribution in [0.4, 0.5) is 0 Å². The van der Waals surface area contributed by atoms with Gasteiger partial charge in [0.2, 0.25) is 0 Å². The molecule has 0 aromatic rings. The van der Waals surface area contributed by atoms with Gasteiger partial charge in [0.05, 0.1) is 0 Å². The Hall–Kier alpha value is 0.730. The highest BCUT2D eigenvalue weighted by atomic mass is 127. The normalized spacial score (nSPS) is 27.0. The fourth-order valence-corrected chi connectivity index (χ4v) is 1.27. The van der Waals surface area contributed by atoms with Crippen LogP contribution in [0.2, 0.25) is 0 Å². The van der Waals surface area contributed by atoms with E-state index in [2.05, 4.69) is 29.5 Å². The summed E-state index contributed by atoms with van der Waals surface area (Å²) >= 11 is 2.49. The molecule has 0 heterocycles. The molecule has 0 nitrogen and oxygen atoms in total. The molecule has 1 heteroatoms. The molecular weight excluding hydrogens is 187 g/mol. The number of rotatable bonds is 1. The molecule has 0 spiro atoms. The Balaban J connectivity index is 2.13. The number of alkyl halides is 1. The van der Waals surface area contributed by atoms with Gasteiger partial charge in [-0.3, -0.25) is 0 Å². The minimum absolute atomic E-state index is 0.933. The van der Waals surface area contributed by atoms with Gasteiger partial charge in [0.15, 0.2) is 0 Å². The van der Waals surface area contributed by atoms with Gasteiger partial charge in [-0.15, -0.1) is 0 Å². The van der Waals surface area contributed by atoms with Crippen LogP contribution in [0, 0.1) is 5.92 Å². The summed E-state index contributed by atoms with van der Waals surface area (Å²) in [7, 11) is 0. The van der Waals surface area contributed by atoms with Gasteiger partial charge in [-0.25, -0.2) is 0 Å². The lowest BCUT2D eigenvalue weighted by Gasteiger charge is -1.91. The van der Waals surface area contributed by atoms with E-state index in [0.29, 0.717) is 0 Å². The van der Waals surface area contributed by atoms with Crippen LogP contribution >= 0.6 is 22.6 Å². The van der Waals surface area contributed by atoms with Crippen LogP contribution in [0.15, 0.2) is 0 Å². The predicted molar refractivity (Wildman–Crippen MR) is 36.2 cm³/mol. The molecule has 1 atom stereocenters. The van der Waals surface area contributed by atoms with E-state index in [4.69, 9.17) is 0 Å². The Labute approximate surface area is 52.5 Å². The number of halogens is 1. The van der Waals surface area contributed by atoms with E-state index >= 15 is 0 Å². The lowest BCUT2D eigenvalue weighted by molar-refractivity contribution is 0.849. The molecule has 1 rings (SSSR count). The van der Waals surface area contributed by atoms with E-state index in [-0.39, 0.29) is 0 Å². The van der Waals surface area contributed by atoms with Crippen molar-refractivity contribution in [2.75, 3.05) is 0 Å². The summed E-state index contributed by atoms with van der Waals surface area (Å²) in [5, 5.41) is 0. The van der Waals surface area contributed by atoms with Crippen LogP contribution in [0.1, 0.15) is 19.8 Å².